The van der Waals surface area contributed by atoms with Gasteiger partial charge in [-0.1, -0.05) is 27.5 Å². The van der Waals surface area contributed by atoms with Crippen LogP contribution in [0.25, 0.3) is 0 Å². The minimum Gasteiger partial charge on any atom is -0.506 e. The minimum absolute atomic E-state index is 0.0921. The standard InChI is InChI=1S/C13H10Br2ClNO3S/c1-7-4-10(15)13(6-9(7)14)21(19,20)17-8-2-3-11(16)12(18)5-8/h2-6,17-18H,1H3. The lowest BCUT2D eigenvalue weighted by Gasteiger charge is -2.11. The van der Waals surface area contributed by atoms with Crippen molar-refractivity contribution in [3.8, 4) is 5.75 Å². The van der Waals surface area contributed by atoms with E-state index in [1.807, 2.05) is 6.92 Å². The van der Waals surface area contributed by atoms with Crippen molar-refractivity contribution in [1.29, 1.82) is 0 Å². The SMILES string of the molecule is Cc1cc(Br)c(S(=O)(=O)Nc2ccc(Cl)c(O)c2)cc1Br. The lowest BCUT2D eigenvalue weighted by atomic mass is 10.2. The van der Waals surface area contributed by atoms with Gasteiger partial charge < -0.3 is 5.11 Å². The van der Waals surface area contributed by atoms with Crippen molar-refractivity contribution in [1.82, 2.24) is 0 Å². The zero-order valence-electron chi connectivity index (χ0n) is 10.7. The van der Waals surface area contributed by atoms with Gasteiger partial charge in [-0.3, -0.25) is 4.72 Å². The molecule has 0 atom stereocenters. The van der Waals surface area contributed by atoms with Gasteiger partial charge in [-0.25, -0.2) is 8.42 Å². The Bertz CT molecular complexity index is 809. The molecule has 2 rings (SSSR count). The second kappa shape index (κ2) is 6.16. The Morgan fingerprint density at radius 2 is 1.81 bits per heavy atom. The van der Waals surface area contributed by atoms with Crippen LogP contribution in [0.15, 0.2) is 44.2 Å². The summed E-state index contributed by atoms with van der Waals surface area (Å²) in [6.45, 7) is 1.86. The molecule has 0 amide bonds. The molecule has 0 spiro atoms. The van der Waals surface area contributed by atoms with Crippen LogP contribution in [0.2, 0.25) is 5.02 Å². The molecule has 0 aliphatic carbocycles. The highest BCUT2D eigenvalue weighted by Gasteiger charge is 2.19. The van der Waals surface area contributed by atoms with Crippen LogP contribution in [0.4, 0.5) is 5.69 Å². The van der Waals surface area contributed by atoms with Crippen LogP contribution in [-0.4, -0.2) is 13.5 Å². The highest BCUT2D eigenvalue weighted by Crippen LogP contribution is 2.31. The molecule has 2 aromatic carbocycles. The first kappa shape index (κ1) is 16.6. The lowest BCUT2D eigenvalue weighted by Crippen LogP contribution is -2.13. The number of phenols is 1. The number of benzene rings is 2. The van der Waals surface area contributed by atoms with Crippen molar-refractivity contribution < 1.29 is 13.5 Å². The molecule has 0 bridgehead atoms. The quantitative estimate of drug-likeness (QED) is 0.706. The van der Waals surface area contributed by atoms with E-state index in [0.717, 1.165) is 5.56 Å². The second-order valence-corrected chi connectivity index (χ2v) is 8.07. The molecule has 0 aliphatic heterocycles. The monoisotopic (exact) mass is 453 g/mol. The predicted molar refractivity (Wildman–Crippen MR) is 90.5 cm³/mol. The van der Waals surface area contributed by atoms with E-state index in [4.69, 9.17) is 11.6 Å². The number of anilines is 1. The van der Waals surface area contributed by atoms with Gasteiger partial charge >= 0.3 is 0 Å². The first-order valence-corrected chi connectivity index (χ1v) is 9.12. The average molecular weight is 456 g/mol. The number of aromatic hydroxyl groups is 1. The summed E-state index contributed by atoms with van der Waals surface area (Å²) in [4.78, 5) is 0.0921. The first-order chi connectivity index (χ1) is 9.70. The number of hydrogen-bond donors (Lipinski definition) is 2. The molecule has 0 aliphatic rings. The summed E-state index contributed by atoms with van der Waals surface area (Å²) in [5.41, 5.74) is 1.13. The second-order valence-electron chi connectivity index (χ2n) is 4.30. The maximum atomic E-state index is 12.4. The number of rotatable bonds is 3. The van der Waals surface area contributed by atoms with Crippen LogP contribution >= 0.6 is 43.5 Å². The number of aryl methyl sites for hydroxylation is 1. The Labute approximate surface area is 144 Å². The van der Waals surface area contributed by atoms with E-state index in [1.165, 1.54) is 24.3 Å². The van der Waals surface area contributed by atoms with Gasteiger partial charge in [-0.05, 0) is 52.7 Å². The number of halogens is 3. The van der Waals surface area contributed by atoms with Gasteiger partial charge in [0.15, 0.2) is 0 Å². The molecule has 0 saturated carbocycles. The van der Waals surface area contributed by atoms with Crippen LogP contribution in [0.5, 0.6) is 5.75 Å². The van der Waals surface area contributed by atoms with E-state index in [0.29, 0.717) is 8.95 Å². The molecule has 0 fully saturated rings. The summed E-state index contributed by atoms with van der Waals surface area (Å²) in [6.07, 6.45) is 0. The molecule has 112 valence electrons. The van der Waals surface area contributed by atoms with E-state index in [-0.39, 0.29) is 21.4 Å². The van der Waals surface area contributed by atoms with E-state index in [9.17, 15) is 13.5 Å². The summed E-state index contributed by atoms with van der Waals surface area (Å²) in [6, 6.07) is 7.35. The summed E-state index contributed by atoms with van der Waals surface area (Å²) >= 11 is 12.2. The third kappa shape index (κ3) is 3.71. The fourth-order valence-electron chi connectivity index (χ4n) is 1.62. The van der Waals surface area contributed by atoms with Crippen LogP contribution in [0, 0.1) is 6.92 Å². The minimum atomic E-state index is -3.79. The van der Waals surface area contributed by atoms with Crippen molar-refractivity contribution in [2.75, 3.05) is 4.72 Å². The molecule has 21 heavy (non-hydrogen) atoms. The Hall–Kier alpha value is -0.760. The molecule has 8 heteroatoms. The number of hydrogen-bond acceptors (Lipinski definition) is 3. The summed E-state index contributed by atoms with van der Waals surface area (Å²) < 4.78 is 28.3. The van der Waals surface area contributed by atoms with Crippen molar-refractivity contribution in [3.05, 3.63) is 49.9 Å². The topological polar surface area (TPSA) is 66.4 Å². The smallest absolute Gasteiger partial charge is 0.263 e. The van der Waals surface area contributed by atoms with Crippen LogP contribution in [0.1, 0.15) is 5.56 Å². The molecule has 0 unspecified atom stereocenters. The fraction of sp³-hybridized carbons (Fsp3) is 0.0769. The Kier molecular flexibility index (Phi) is 4.87. The Morgan fingerprint density at radius 3 is 2.43 bits per heavy atom. The van der Waals surface area contributed by atoms with Crippen LogP contribution in [0.3, 0.4) is 0 Å². The summed E-state index contributed by atoms with van der Waals surface area (Å²) in [7, 11) is -3.79. The number of sulfonamides is 1. The first-order valence-electron chi connectivity index (χ1n) is 5.67. The van der Waals surface area contributed by atoms with Crippen LogP contribution < -0.4 is 4.72 Å². The average Bonchev–Trinajstić information content (AvgIpc) is 2.37. The third-order valence-electron chi connectivity index (χ3n) is 2.70. The van der Waals surface area contributed by atoms with Gasteiger partial charge in [-0.2, -0.15) is 0 Å². The molecule has 0 radical (unpaired) electrons. The lowest BCUT2D eigenvalue weighted by molar-refractivity contribution is 0.476. The van der Waals surface area contributed by atoms with Gasteiger partial charge in [0.2, 0.25) is 0 Å². The largest absolute Gasteiger partial charge is 0.506 e. The number of nitrogens with one attached hydrogen (secondary N) is 1. The van der Waals surface area contributed by atoms with Crippen molar-refractivity contribution in [3.63, 3.8) is 0 Å². The molecule has 0 saturated heterocycles. The Morgan fingerprint density at radius 1 is 1.14 bits per heavy atom. The third-order valence-corrected chi connectivity index (χ3v) is 6.21. The highest BCUT2D eigenvalue weighted by atomic mass is 79.9. The van der Waals surface area contributed by atoms with Gasteiger partial charge in [0, 0.05) is 15.0 Å². The molecule has 0 heterocycles. The zero-order chi connectivity index (χ0) is 15.8. The predicted octanol–water partition coefficient (Wildman–Crippen LogP) is 4.68. The van der Waals surface area contributed by atoms with Gasteiger partial charge in [0.25, 0.3) is 10.0 Å². The summed E-state index contributed by atoms with van der Waals surface area (Å²) in [5.74, 6) is -0.194. The maximum Gasteiger partial charge on any atom is 0.263 e. The van der Waals surface area contributed by atoms with Gasteiger partial charge in [0.1, 0.15) is 10.6 Å². The van der Waals surface area contributed by atoms with Gasteiger partial charge in [-0.15, -0.1) is 0 Å². The zero-order valence-corrected chi connectivity index (χ0v) is 15.4. The van der Waals surface area contributed by atoms with Crippen molar-refractivity contribution in [2.45, 2.75) is 11.8 Å². The molecule has 0 aromatic heterocycles. The normalized spacial score (nSPS) is 11.4. The van der Waals surface area contributed by atoms with E-state index in [2.05, 4.69) is 36.6 Å². The van der Waals surface area contributed by atoms with E-state index < -0.39 is 10.0 Å². The Balaban J connectivity index is 2.43. The molecule has 2 N–H and O–H groups in total. The molecular formula is C13H10Br2ClNO3S. The maximum absolute atomic E-state index is 12.4. The highest BCUT2D eigenvalue weighted by molar-refractivity contribution is 9.11. The van der Waals surface area contributed by atoms with E-state index >= 15 is 0 Å². The molecule has 4 nitrogen and oxygen atoms in total. The van der Waals surface area contributed by atoms with Gasteiger partial charge in [0.05, 0.1) is 10.7 Å². The summed E-state index contributed by atoms with van der Waals surface area (Å²) in [5, 5.41) is 9.67. The van der Waals surface area contributed by atoms with Crippen molar-refractivity contribution in [2.24, 2.45) is 0 Å². The van der Waals surface area contributed by atoms with E-state index in [1.54, 1.807) is 6.07 Å². The molecular weight excluding hydrogens is 445 g/mol. The fourth-order valence-corrected chi connectivity index (χ4v) is 4.47. The molecule has 2 aromatic rings. The number of phenolic OH excluding ortho intramolecular Hbond substituents is 1. The van der Waals surface area contributed by atoms with Crippen molar-refractivity contribution >= 4 is 59.2 Å². The van der Waals surface area contributed by atoms with Crippen LogP contribution in [-0.2, 0) is 10.0 Å².